The predicted molar refractivity (Wildman–Crippen MR) is 139 cm³/mol. The summed E-state index contributed by atoms with van der Waals surface area (Å²) >= 11 is 6.30. The van der Waals surface area contributed by atoms with E-state index >= 15 is 0 Å². The molecule has 1 aliphatic rings. The number of rotatable bonds is 8. The molecule has 0 unspecified atom stereocenters. The van der Waals surface area contributed by atoms with E-state index in [9.17, 15) is 24.8 Å². The second-order valence-corrected chi connectivity index (χ2v) is 9.14. The van der Waals surface area contributed by atoms with Crippen LogP contribution in [0.1, 0.15) is 21.5 Å². The predicted octanol–water partition coefficient (Wildman–Crippen LogP) is 5.29. The zero-order chi connectivity index (χ0) is 25.8. The average molecular weight is 523 g/mol. The Morgan fingerprint density at radius 2 is 1.89 bits per heavy atom. The fourth-order valence-corrected chi connectivity index (χ4v) is 4.75. The van der Waals surface area contributed by atoms with E-state index in [0.29, 0.717) is 0 Å². The first kappa shape index (κ1) is 24.9. The average Bonchev–Trinajstić information content (AvgIpc) is 3.15. The molecule has 0 saturated carbocycles. The lowest BCUT2D eigenvalue weighted by Crippen LogP contribution is -2.27. The van der Waals surface area contributed by atoms with E-state index in [1.165, 1.54) is 48.4 Å². The summed E-state index contributed by atoms with van der Waals surface area (Å²) in [7, 11) is 1.41. The van der Waals surface area contributed by atoms with Gasteiger partial charge in [0.1, 0.15) is 6.61 Å². The van der Waals surface area contributed by atoms with Crippen molar-refractivity contribution in [3.8, 4) is 11.5 Å². The molecule has 3 aromatic carbocycles. The molecule has 1 heterocycles. The third-order valence-electron chi connectivity index (χ3n) is 5.18. The zero-order valence-electron chi connectivity index (χ0n) is 18.7. The number of thiocarbonyl (C=S) groups is 1. The summed E-state index contributed by atoms with van der Waals surface area (Å²) in [5, 5.41) is 21.1. The minimum Gasteiger partial charge on any atom is -0.493 e. The number of benzene rings is 3. The number of hydrogen-bond acceptors (Lipinski definition) is 8. The fourth-order valence-electron chi connectivity index (χ4n) is 3.46. The van der Waals surface area contributed by atoms with E-state index in [4.69, 9.17) is 21.7 Å². The fraction of sp³-hybridized carbons (Fsp3) is 0.0800. The monoisotopic (exact) mass is 522 g/mol. The van der Waals surface area contributed by atoms with Crippen LogP contribution in [-0.2, 0) is 11.4 Å². The quantitative estimate of drug-likeness (QED) is 0.182. The van der Waals surface area contributed by atoms with Gasteiger partial charge in [-0.05, 0) is 35.9 Å². The Hall–Kier alpha value is -4.22. The van der Waals surface area contributed by atoms with Crippen molar-refractivity contribution in [3.05, 3.63) is 98.4 Å². The van der Waals surface area contributed by atoms with E-state index in [-0.39, 0.29) is 49.8 Å². The van der Waals surface area contributed by atoms with Gasteiger partial charge in [-0.3, -0.25) is 19.8 Å². The first-order valence-corrected chi connectivity index (χ1v) is 11.7. The molecule has 1 N–H and O–H groups in total. The number of nitro benzene ring substituents is 1. The number of carboxylic acid groups (broad SMARTS) is 1. The molecule has 36 heavy (non-hydrogen) atoms. The Morgan fingerprint density at radius 1 is 1.14 bits per heavy atom. The summed E-state index contributed by atoms with van der Waals surface area (Å²) in [6.45, 7) is 0.182. The van der Waals surface area contributed by atoms with Crippen LogP contribution in [0.15, 0.2) is 71.6 Å². The number of nitrogens with zero attached hydrogens (tertiary/aromatic N) is 2. The Morgan fingerprint density at radius 3 is 2.56 bits per heavy atom. The number of carbonyl (C=O) groups excluding carboxylic acids is 1. The van der Waals surface area contributed by atoms with Crippen molar-refractivity contribution < 1.29 is 29.1 Å². The van der Waals surface area contributed by atoms with Gasteiger partial charge in [0.15, 0.2) is 15.8 Å². The van der Waals surface area contributed by atoms with Gasteiger partial charge >= 0.3 is 5.97 Å². The highest BCUT2D eigenvalue weighted by atomic mass is 32.2. The van der Waals surface area contributed by atoms with Crippen molar-refractivity contribution in [1.82, 2.24) is 0 Å². The lowest BCUT2D eigenvalue weighted by Gasteiger charge is -2.15. The summed E-state index contributed by atoms with van der Waals surface area (Å²) in [5.41, 5.74) is 1.01. The molecule has 3 aromatic rings. The first-order chi connectivity index (χ1) is 17.3. The van der Waals surface area contributed by atoms with E-state index in [0.717, 1.165) is 17.3 Å². The molecular weight excluding hydrogens is 504 g/mol. The first-order valence-electron chi connectivity index (χ1n) is 10.4. The Labute approximate surface area is 215 Å². The van der Waals surface area contributed by atoms with Crippen LogP contribution < -0.4 is 14.4 Å². The molecule has 9 nitrogen and oxygen atoms in total. The highest BCUT2D eigenvalue weighted by Gasteiger charge is 2.34. The topological polar surface area (TPSA) is 119 Å². The summed E-state index contributed by atoms with van der Waals surface area (Å²) in [5.74, 6) is -1.23. The Bertz CT molecular complexity index is 1410. The largest absolute Gasteiger partial charge is 0.493 e. The normalized spacial score (nSPS) is 14.2. The van der Waals surface area contributed by atoms with E-state index in [2.05, 4.69) is 0 Å². The minimum absolute atomic E-state index is 0.00278. The van der Waals surface area contributed by atoms with Gasteiger partial charge in [0.2, 0.25) is 0 Å². The number of carbonyl (C=O) groups is 2. The van der Waals surface area contributed by atoms with Crippen LogP contribution in [0.3, 0.4) is 0 Å². The van der Waals surface area contributed by atoms with E-state index < -0.39 is 16.8 Å². The maximum Gasteiger partial charge on any atom is 0.335 e. The molecule has 1 fully saturated rings. The van der Waals surface area contributed by atoms with Crippen molar-refractivity contribution in [3.63, 3.8) is 0 Å². The van der Waals surface area contributed by atoms with Gasteiger partial charge in [0.25, 0.3) is 11.6 Å². The molecule has 1 saturated heterocycles. The van der Waals surface area contributed by atoms with Crippen LogP contribution in [0.4, 0.5) is 11.4 Å². The molecule has 0 atom stereocenters. The van der Waals surface area contributed by atoms with Crippen LogP contribution in [0.5, 0.6) is 11.5 Å². The summed E-state index contributed by atoms with van der Waals surface area (Å²) in [6, 6.07) is 17.8. The smallest absolute Gasteiger partial charge is 0.335 e. The van der Waals surface area contributed by atoms with Gasteiger partial charge in [-0.15, -0.1) is 0 Å². The highest BCUT2D eigenvalue weighted by molar-refractivity contribution is 8.27. The second kappa shape index (κ2) is 10.6. The van der Waals surface area contributed by atoms with Gasteiger partial charge in [-0.1, -0.05) is 60.4 Å². The van der Waals surface area contributed by atoms with Gasteiger partial charge in [-0.2, -0.15) is 0 Å². The molecule has 1 amide bonds. The molecule has 11 heteroatoms. The molecule has 1 aliphatic heterocycles. The van der Waals surface area contributed by atoms with Gasteiger partial charge in [-0.25, -0.2) is 4.79 Å². The second-order valence-electron chi connectivity index (χ2n) is 7.47. The highest BCUT2D eigenvalue weighted by Crippen LogP contribution is 2.40. The molecule has 0 radical (unpaired) electrons. The maximum absolute atomic E-state index is 13.1. The number of nitro groups is 1. The van der Waals surface area contributed by atoms with Crippen LogP contribution in [0, 0.1) is 10.1 Å². The van der Waals surface area contributed by atoms with Crippen molar-refractivity contribution in [2.45, 2.75) is 6.61 Å². The third-order valence-corrected chi connectivity index (χ3v) is 6.48. The number of hydrogen-bond donors (Lipinski definition) is 1. The number of anilines is 1. The zero-order valence-corrected chi connectivity index (χ0v) is 20.4. The molecule has 0 bridgehead atoms. The summed E-state index contributed by atoms with van der Waals surface area (Å²) in [4.78, 5) is 37.1. The minimum atomic E-state index is -1.14. The number of carboxylic acids is 1. The summed E-state index contributed by atoms with van der Waals surface area (Å²) in [6.07, 6.45) is 1.36. The Kier molecular flexibility index (Phi) is 7.32. The van der Waals surface area contributed by atoms with Crippen LogP contribution in [0.2, 0.25) is 0 Å². The number of aromatic carboxylic acids is 1. The van der Waals surface area contributed by atoms with Crippen LogP contribution >= 0.6 is 24.0 Å². The van der Waals surface area contributed by atoms with Crippen molar-refractivity contribution in [1.29, 1.82) is 0 Å². The number of methoxy groups -OCH3 is 1. The van der Waals surface area contributed by atoms with Crippen molar-refractivity contribution in [2.24, 2.45) is 0 Å². The van der Waals surface area contributed by atoms with Crippen LogP contribution in [0.25, 0.3) is 6.08 Å². The number of thioether (sulfide) groups is 1. The van der Waals surface area contributed by atoms with Crippen LogP contribution in [-0.4, -0.2) is 33.3 Å². The standard InChI is InChI=1S/C25H18N2O7S2/c1-33-20-11-17(19(27(31)32)13-21(20)34-14-15-6-3-2-4-7-15)12-22-23(28)26(25(35)36-22)18-9-5-8-16(10-18)24(29)30/h2-13H,14H2,1H3,(H,29,30)/b22-12+. The third kappa shape index (κ3) is 5.21. The van der Waals surface area contributed by atoms with E-state index in [1.807, 2.05) is 30.3 Å². The summed E-state index contributed by atoms with van der Waals surface area (Å²) < 4.78 is 11.3. The lowest BCUT2D eigenvalue weighted by atomic mass is 10.1. The Balaban J connectivity index is 1.67. The number of amides is 1. The maximum atomic E-state index is 13.1. The molecule has 4 rings (SSSR count). The molecule has 0 aromatic heterocycles. The van der Waals surface area contributed by atoms with Crippen molar-refractivity contribution >= 4 is 57.6 Å². The van der Waals surface area contributed by atoms with Crippen molar-refractivity contribution in [2.75, 3.05) is 12.0 Å². The van der Waals surface area contributed by atoms with Gasteiger partial charge in [0, 0.05) is 0 Å². The molecular formula is C25H18N2O7S2. The van der Waals surface area contributed by atoms with Gasteiger partial charge < -0.3 is 14.6 Å². The number of ether oxygens (including phenoxy) is 2. The van der Waals surface area contributed by atoms with E-state index in [1.54, 1.807) is 6.07 Å². The lowest BCUT2D eigenvalue weighted by molar-refractivity contribution is -0.385. The molecule has 182 valence electrons. The van der Waals surface area contributed by atoms with Gasteiger partial charge in [0.05, 0.1) is 39.8 Å². The molecule has 0 spiro atoms. The molecule has 0 aliphatic carbocycles. The SMILES string of the molecule is COc1cc(/C=C2/SC(=S)N(c3cccc(C(=O)O)c3)C2=O)c([N+](=O)[O-])cc1OCc1ccccc1.